The number of nitrogens with two attached hydrogens (primary N) is 1. The SMILES string of the molecule is NC(=O)CCCCCCCCCCCCCCCC1(C(=O)O)CC1. The van der Waals surface area contributed by atoms with Gasteiger partial charge in [-0.25, -0.2) is 0 Å². The van der Waals surface area contributed by atoms with Gasteiger partial charge in [-0.3, -0.25) is 9.59 Å². The number of carboxylic acid groups (broad SMARTS) is 1. The molecule has 0 radical (unpaired) electrons. The highest BCUT2D eigenvalue weighted by atomic mass is 16.4. The van der Waals surface area contributed by atoms with Gasteiger partial charge in [-0.15, -0.1) is 0 Å². The maximum absolute atomic E-state index is 11.1. The minimum absolute atomic E-state index is 0.177. The number of amides is 1. The fraction of sp³-hybridized carbons (Fsp3) is 0.900. The van der Waals surface area contributed by atoms with Crippen LogP contribution in [0.2, 0.25) is 0 Å². The number of unbranched alkanes of at least 4 members (excludes halogenated alkanes) is 12. The van der Waals surface area contributed by atoms with E-state index in [-0.39, 0.29) is 11.3 Å². The number of rotatable bonds is 17. The third-order valence-corrected chi connectivity index (χ3v) is 5.39. The number of carbonyl (C=O) groups is 2. The number of hydrogen-bond acceptors (Lipinski definition) is 2. The predicted octanol–water partition coefficient (Wildman–Crippen LogP) is 5.19. The largest absolute Gasteiger partial charge is 0.481 e. The van der Waals surface area contributed by atoms with Gasteiger partial charge in [0.2, 0.25) is 5.91 Å². The summed E-state index contributed by atoms with van der Waals surface area (Å²) in [5.74, 6) is -0.751. The molecule has 0 heterocycles. The smallest absolute Gasteiger partial charge is 0.309 e. The van der Waals surface area contributed by atoms with Gasteiger partial charge in [0.1, 0.15) is 0 Å². The van der Waals surface area contributed by atoms with Crippen molar-refractivity contribution in [1.82, 2.24) is 0 Å². The summed E-state index contributed by atoms with van der Waals surface area (Å²) < 4.78 is 0. The van der Waals surface area contributed by atoms with Crippen LogP contribution in [0.4, 0.5) is 0 Å². The van der Waals surface area contributed by atoms with E-state index < -0.39 is 5.97 Å². The van der Waals surface area contributed by atoms with Crippen molar-refractivity contribution in [3.8, 4) is 0 Å². The van der Waals surface area contributed by atoms with E-state index >= 15 is 0 Å². The zero-order valence-corrected chi connectivity index (χ0v) is 15.4. The molecule has 1 aliphatic carbocycles. The molecule has 1 amide bonds. The first kappa shape index (κ1) is 21.0. The molecule has 1 aliphatic rings. The topological polar surface area (TPSA) is 80.4 Å². The lowest BCUT2D eigenvalue weighted by atomic mass is 9.97. The molecule has 4 heteroatoms. The van der Waals surface area contributed by atoms with Gasteiger partial charge in [0.25, 0.3) is 0 Å². The number of carboxylic acids is 1. The maximum Gasteiger partial charge on any atom is 0.309 e. The summed E-state index contributed by atoms with van der Waals surface area (Å²) in [6.07, 6.45) is 19.3. The van der Waals surface area contributed by atoms with Gasteiger partial charge in [0.05, 0.1) is 5.41 Å². The summed E-state index contributed by atoms with van der Waals surface area (Å²) in [6.45, 7) is 0. The van der Waals surface area contributed by atoms with Gasteiger partial charge in [-0.2, -0.15) is 0 Å². The van der Waals surface area contributed by atoms with Crippen molar-refractivity contribution in [2.45, 2.75) is 109 Å². The number of aliphatic carboxylic acids is 1. The lowest BCUT2D eigenvalue weighted by molar-refractivity contribution is -0.143. The highest BCUT2D eigenvalue weighted by Gasteiger charge is 2.49. The second kappa shape index (κ2) is 12.3. The van der Waals surface area contributed by atoms with Crippen molar-refractivity contribution in [3.63, 3.8) is 0 Å². The van der Waals surface area contributed by atoms with Gasteiger partial charge in [-0.05, 0) is 25.7 Å². The molecule has 0 unspecified atom stereocenters. The second-order valence-electron chi connectivity index (χ2n) is 7.65. The van der Waals surface area contributed by atoms with Gasteiger partial charge >= 0.3 is 5.97 Å². The first-order valence-electron chi connectivity index (χ1n) is 10.1. The monoisotopic (exact) mass is 339 g/mol. The molecule has 1 saturated carbocycles. The Morgan fingerprint density at radius 1 is 0.708 bits per heavy atom. The molecule has 140 valence electrons. The highest BCUT2D eigenvalue weighted by molar-refractivity contribution is 5.77. The Morgan fingerprint density at radius 3 is 1.42 bits per heavy atom. The molecule has 0 aromatic heterocycles. The van der Waals surface area contributed by atoms with Crippen LogP contribution in [0.3, 0.4) is 0 Å². The van der Waals surface area contributed by atoms with Crippen LogP contribution in [0, 0.1) is 5.41 Å². The van der Waals surface area contributed by atoms with Crippen molar-refractivity contribution >= 4 is 11.9 Å². The van der Waals surface area contributed by atoms with E-state index in [1.54, 1.807) is 0 Å². The van der Waals surface area contributed by atoms with Crippen molar-refractivity contribution in [3.05, 3.63) is 0 Å². The molecule has 0 aromatic rings. The van der Waals surface area contributed by atoms with Gasteiger partial charge < -0.3 is 10.8 Å². The van der Waals surface area contributed by atoms with Crippen molar-refractivity contribution in [2.24, 2.45) is 11.1 Å². The Hall–Kier alpha value is -1.06. The third kappa shape index (κ3) is 9.94. The van der Waals surface area contributed by atoms with Crippen molar-refractivity contribution in [2.75, 3.05) is 0 Å². The Balaban J connectivity index is 1.72. The summed E-state index contributed by atoms with van der Waals surface area (Å²) in [4.78, 5) is 21.6. The van der Waals surface area contributed by atoms with Gasteiger partial charge in [-0.1, -0.05) is 77.0 Å². The summed E-state index contributed by atoms with van der Waals surface area (Å²) in [5, 5.41) is 9.11. The fourth-order valence-electron chi connectivity index (χ4n) is 3.43. The Bertz CT molecular complexity index is 364. The maximum atomic E-state index is 11.1. The van der Waals surface area contributed by atoms with E-state index in [0.29, 0.717) is 6.42 Å². The molecule has 24 heavy (non-hydrogen) atoms. The Kier molecular flexibility index (Phi) is 10.8. The first-order valence-corrected chi connectivity index (χ1v) is 10.1. The molecule has 0 saturated heterocycles. The summed E-state index contributed by atoms with van der Waals surface area (Å²) >= 11 is 0. The molecule has 0 bridgehead atoms. The van der Waals surface area contributed by atoms with E-state index in [9.17, 15) is 9.59 Å². The summed E-state index contributed by atoms with van der Waals surface area (Å²) in [7, 11) is 0. The van der Waals surface area contributed by atoms with Crippen LogP contribution in [-0.4, -0.2) is 17.0 Å². The van der Waals surface area contributed by atoms with E-state index in [2.05, 4.69) is 0 Å². The molecule has 0 aliphatic heterocycles. The minimum atomic E-state index is -0.574. The Morgan fingerprint density at radius 2 is 1.08 bits per heavy atom. The molecule has 1 fully saturated rings. The molecule has 0 spiro atoms. The quantitative estimate of drug-likeness (QED) is 0.358. The van der Waals surface area contributed by atoms with E-state index in [1.165, 1.54) is 64.2 Å². The van der Waals surface area contributed by atoms with Crippen LogP contribution in [0.1, 0.15) is 109 Å². The van der Waals surface area contributed by atoms with Crippen LogP contribution >= 0.6 is 0 Å². The molecule has 0 atom stereocenters. The normalized spacial score (nSPS) is 15.3. The van der Waals surface area contributed by atoms with Crippen LogP contribution in [0.25, 0.3) is 0 Å². The average molecular weight is 340 g/mol. The molecule has 0 aromatic carbocycles. The second-order valence-corrected chi connectivity index (χ2v) is 7.65. The summed E-state index contributed by atoms with van der Waals surface area (Å²) in [6, 6.07) is 0. The molecule has 4 nitrogen and oxygen atoms in total. The van der Waals surface area contributed by atoms with Crippen LogP contribution < -0.4 is 5.73 Å². The zero-order chi connectivity index (χ0) is 17.7. The lowest BCUT2D eigenvalue weighted by Crippen LogP contribution is -2.14. The minimum Gasteiger partial charge on any atom is -0.481 e. The molecular weight excluding hydrogens is 302 g/mol. The highest BCUT2D eigenvalue weighted by Crippen LogP contribution is 2.50. The first-order chi connectivity index (χ1) is 11.6. The van der Waals surface area contributed by atoms with Gasteiger partial charge in [0.15, 0.2) is 0 Å². The number of primary amides is 1. The van der Waals surface area contributed by atoms with E-state index in [4.69, 9.17) is 10.8 Å². The standard InChI is InChI=1S/C20H37NO3/c21-18(22)14-12-10-8-6-4-2-1-3-5-7-9-11-13-15-20(16-17-20)19(23)24/h1-17H2,(H2,21,22)(H,23,24). The Labute approximate surface area is 147 Å². The van der Waals surface area contributed by atoms with Gasteiger partial charge in [0, 0.05) is 6.42 Å². The zero-order valence-electron chi connectivity index (χ0n) is 15.4. The molecule has 1 rings (SSSR count). The van der Waals surface area contributed by atoms with Crippen LogP contribution in [0.15, 0.2) is 0 Å². The average Bonchev–Trinajstić information content (AvgIpc) is 3.32. The van der Waals surface area contributed by atoms with Crippen LogP contribution in [0.5, 0.6) is 0 Å². The molecular formula is C20H37NO3. The van der Waals surface area contributed by atoms with E-state index in [1.807, 2.05) is 0 Å². The van der Waals surface area contributed by atoms with Crippen molar-refractivity contribution < 1.29 is 14.7 Å². The number of carbonyl (C=O) groups excluding carboxylic acids is 1. The molecule has 3 N–H and O–H groups in total. The predicted molar refractivity (Wildman–Crippen MR) is 97.8 cm³/mol. The summed E-state index contributed by atoms with van der Waals surface area (Å²) in [5.41, 5.74) is 4.79. The lowest BCUT2D eigenvalue weighted by Gasteiger charge is -2.08. The third-order valence-electron chi connectivity index (χ3n) is 5.39. The fourth-order valence-corrected chi connectivity index (χ4v) is 3.43. The van der Waals surface area contributed by atoms with Crippen LogP contribution in [-0.2, 0) is 9.59 Å². The van der Waals surface area contributed by atoms with Crippen molar-refractivity contribution in [1.29, 1.82) is 0 Å². The van der Waals surface area contributed by atoms with E-state index in [0.717, 1.165) is 38.5 Å². The number of hydrogen-bond donors (Lipinski definition) is 2.